The van der Waals surface area contributed by atoms with Crippen LogP contribution in [0, 0.1) is 5.53 Å². The first-order valence-electron chi connectivity index (χ1n) is 9.17. The van der Waals surface area contributed by atoms with Crippen molar-refractivity contribution in [2.24, 2.45) is 10.8 Å². The third kappa shape index (κ3) is 8.71. The summed E-state index contributed by atoms with van der Waals surface area (Å²) in [5, 5.41) is 6.37. The molecular formula is C19H30N4O3. The van der Waals surface area contributed by atoms with Crippen LogP contribution in [-0.2, 0) is 33.8 Å². The lowest BCUT2D eigenvalue weighted by Crippen LogP contribution is -2.23. The van der Waals surface area contributed by atoms with Crippen molar-refractivity contribution in [3.05, 3.63) is 34.9 Å². The summed E-state index contributed by atoms with van der Waals surface area (Å²) in [7, 11) is 0. The number of benzene rings is 1. The molecular weight excluding hydrogens is 332 g/mol. The van der Waals surface area contributed by atoms with Crippen LogP contribution >= 0.6 is 0 Å². The summed E-state index contributed by atoms with van der Waals surface area (Å²) in [5.74, 6) is -0.191. The maximum atomic E-state index is 12.0. The molecule has 1 aromatic rings. The smallest absolute Gasteiger partial charge is 0.305 e. The number of unbranched alkanes of at least 4 members (excludes halogenated alkanes) is 2. The van der Waals surface area contributed by atoms with E-state index in [1.165, 1.54) is 0 Å². The van der Waals surface area contributed by atoms with Crippen LogP contribution in [0.25, 0.3) is 0 Å². The number of carbonyl (C=O) groups is 2. The van der Waals surface area contributed by atoms with Crippen molar-refractivity contribution >= 4 is 11.9 Å². The number of hydrogen-bond acceptors (Lipinski definition) is 6. The Morgan fingerprint density at radius 3 is 2.65 bits per heavy atom. The first kappa shape index (κ1) is 21.8. The van der Waals surface area contributed by atoms with E-state index in [0.29, 0.717) is 39.1 Å². The van der Waals surface area contributed by atoms with E-state index in [-0.39, 0.29) is 11.9 Å². The van der Waals surface area contributed by atoms with E-state index >= 15 is 0 Å². The van der Waals surface area contributed by atoms with Crippen molar-refractivity contribution in [2.45, 2.75) is 58.5 Å². The largest absolute Gasteiger partial charge is 0.466 e. The van der Waals surface area contributed by atoms with Gasteiger partial charge in [-0.15, -0.1) is 0 Å². The molecule has 0 aliphatic heterocycles. The summed E-state index contributed by atoms with van der Waals surface area (Å²) in [6, 6.07) is 5.96. The molecule has 1 rings (SSSR count). The molecule has 0 aromatic heterocycles. The minimum atomic E-state index is -0.178. The molecule has 7 nitrogen and oxygen atoms in total. The Labute approximate surface area is 155 Å². The number of carbonyl (C=O) groups excluding carboxylic acids is 2. The quantitative estimate of drug-likeness (QED) is 0.284. The SMILES string of the molecule is CCOC(=O)CCCCCC(=O)NCc1ccc(CCN)cc1CN=N. The summed E-state index contributed by atoms with van der Waals surface area (Å²) < 4.78 is 4.87. The highest BCUT2D eigenvalue weighted by Gasteiger charge is 2.07. The molecule has 7 heteroatoms. The number of nitrogens with zero attached hydrogens (tertiary/aromatic N) is 1. The summed E-state index contributed by atoms with van der Waals surface area (Å²) in [5.41, 5.74) is 15.7. The van der Waals surface area contributed by atoms with E-state index in [4.69, 9.17) is 16.0 Å². The van der Waals surface area contributed by atoms with Crippen molar-refractivity contribution in [1.29, 1.82) is 5.53 Å². The van der Waals surface area contributed by atoms with Gasteiger partial charge in [-0.3, -0.25) is 9.59 Å². The Hall–Kier alpha value is -2.28. The van der Waals surface area contributed by atoms with Crippen molar-refractivity contribution in [1.82, 2.24) is 5.32 Å². The summed E-state index contributed by atoms with van der Waals surface area (Å²) >= 11 is 0. The van der Waals surface area contributed by atoms with Gasteiger partial charge < -0.3 is 15.8 Å². The molecule has 26 heavy (non-hydrogen) atoms. The number of rotatable bonds is 13. The first-order valence-corrected chi connectivity index (χ1v) is 9.17. The highest BCUT2D eigenvalue weighted by molar-refractivity contribution is 5.75. The van der Waals surface area contributed by atoms with Gasteiger partial charge in [0, 0.05) is 19.4 Å². The molecule has 0 atom stereocenters. The zero-order valence-corrected chi connectivity index (χ0v) is 15.6. The van der Waals surface area contributed by atoms with Gasteiger partial charge in [-0.1, -0.05) is 24.6 Å². The predicted molar refractivity (Wildman–Crippen MR) is 99.6 cm³/mol. The van der Waals surface area contributed by atoms with E-state index in [0.717, 1.165) is 42.4 Å². The summed E-state index contributed by atoms with van der Waals surface area (Å²) in [4.78, 5) is 23.2. The van der Waals surface area contributed by atoms with Crippen molar-refractivity contribution in [3.8, 4) is 0 Å². The molecule has 0 unspecified atom stereocenters. The van der Waals surface area contributed by atoms with Gasteiger partial charge >= 0.3 is 5.97 Å². The minimum absolute atomic E-state index is 0.0130. The van der Waals surface area contributed by atoms with Gasteiger partial charge in [0.1, 0.15) is 0 Å². The normalized spacial score (nSPS) is 10.4. The van der Waals surface area contributed by atoms with Gasteiger partial charge in [-0.2, -0.15) is 5.11 Å². The fraction of sp³-hybridized carbons (Fsp3) is 0.579. The zero-order valence-electron chi connectivity index (χ0n) is 15.6. The van der Waals surface area contributed by atoms with Crippen LogP contribution in [0.1, 0.15) is 55.7 Å². The van der Waals surface area contributed by atoms with Crippen molar-refractivity contribution in [3.63, 3.8) is 0 Å². The lowest BCUT2D eigenvalue weighted by molar-refractivity contribution is -0.143. The average molecular weight is 362 g/mol. The predicted octanol–water partition coefficient (Wildman–Crippen LogP) is 2.85. The third-order valence-electron chi connectivity index (χ3n) is 4.02. The van der Waals surface area contributed by atoms with E-state index in [1.54, 1.807) is 6.92 Å². The maximum Gasteiger partial charge on any atom is 0.305 e. The summed E-state index contributed by atoms with van der Waals surface area (Å²) in [6.45, 7) is 3.50. The van der Waals surface area contributed by atoms with E-state index < -0.39 is 0 Å². The Morgan fingerprint density at radius 2 is 1.96 bits per heavy atom. The second-order valence-corrected chi connectivity index (χ2v) is 6.10. The molecule has 0 aliphatic carbocycles. The Kier molecular flexibility index (Phi) is 10.9. The molecule has 1 amide bonds. The topological polar surface area (TPSA) is 118 Å². The number of nitrogens with two attached hydrogens (primary N) is 1. The Balaban J connectivity index is 2.35. The van der Waals surface area contributed by atoms with Crippen LogP contribution in [0.15, 0.2) is 23.3 Å². The first-order chi connectivity index (χ1) is 12.6. The minimum Gasteiger partial charge on any atom is -0.466 e. The van der Waals surface area contributed by atoms with E-state index in [1.807, 2.05) is 18.2 Å². The summed E-state index contributed by atoms with van der Waals surface area (Å²) in [6.07, 6.45) is 3.93. The molecule has 0 saturated heterocycles. The van der Waals surface area contributed by atoms with E-state index in [9.17, 15) is 9.59 Å². The molecule has 0 radical (unpaired) electrons. The van der Waals surface area contributed by atoms with Crippen LogP contribution in [0.2, 0.25) is 0 Å². The highest BCUT2D eigenvalue weighted by Crippen LogP contribution is 2.14. The molecule has 0 bridgehead atoms. The van der Waals surface area contributed by atoms with E-state index in [2.05, 4.69) is 10.4 Å². The van der Waals surface area contributed by atoms with Crippen LogP contribution in [0.3, 0.4) is 0 Å². The molecule has 0 aliphatic rings. The molecule has 1 aromatic carbocycles. The second kappa shape index (κ2) is 13.0. The maximum absolute atomic E-state index is 12.0. The molecule has 0 saturated carbocycles. The fourth-order valence-corrected chi connectivity index (χ4v) is 2.65. The second-order valence-electron chi connectivity index (χ2n) is 6.10. The standard InChI is InChI=1S/C19H30N4O3/c1-2-26-19(25)7-5-3-4-6-18(24)22-13-16-9-8-15(10-11-20)12-17(16)14-23-21/h8-9,12,21H,2-7,10-11,13-14,20H2,1H3,(H,22,24). The van der Waals surface area contributed by atoms with Crippen molar-refractivity contribution in [2.75, 3.05) is 13.2 Å². The van der Waals surface area contributed by atoms with Gasteiger partial charge in [-0.05, 0) is 49.4 Å². The monoisotopic (exact) mass is 362 g/mol. The van der Waals surface area contributed by atoms with Gasteiger partial charge in [0.05, 0.1) is 13.2 Å². The fourth-order valence-electron chi connectivity index (χ4n) is 2.65. The third-order valence-corrected chi connectivity index (χ3v) is 4.02. The molecule has 0 spiro atoms. The molecule has 0 fully saturated rings. The number of amides is 1. The highest BCUT2D eigenvalue weighted by atomic mass is 16.5. The van der Waals surface area contributed by atoms with Gasteiger partial charge in [0.15, 0.2) is 0 Å². The Bertz CT molecular complexity index is 590. The van der Waals surface area contributed by atoms with Crippen LogP contribution in [0.4, 0.5) is 0 Å². The van der Waals surface area contributed by atoms with Crippen LogP contribution in [-0.4, -0.2) is 25.0 Å². The van der Waals surface area contributed by atoms with Gasteiger partial charge in [-0.25, -0.2) is 5.53 Å². The number of nitrogens with one attached hydrogen (secondary N) is 2. The Morgan fingerprint density at radius 1 is 1.19 bits per heavy atom. The number of ether oxygens (including phenoxy) is 1. The van der Waals surface area contributed by atoms with Crippen molar-refractivity contribution < 1.29 is 14.3 Å². The number of esters is 1. The van der Waals surface area contributed by atoms with Crippen LogP contribution < -0.4 is 11.1 Å². The number of hydrogen-bond donors (Lipinski definition) is 3. The van der Waals surface area contributed by atoms with Crippen LogP contribution in [0.5, 0.6) is 0 Å². The molecule has 144 valence electrons. The zero-order chi connectivity index (χ0) is 19.2. The van der Waals surface area contributed by atoms with Gasteiger partial charge in [0.2, 0.25) is 5.91 Å². The van der Waals surface area contributed by atoms with Gasteiger partial charge in [0.25, 0.3) is 0 Å². The average Bonchev–Trinajstić information content (AvgIpc) is 2.61. The molecule has 0 heterocycles. The lowest BCUT2D eigenvalue weighted by atomic mass is 10.0. The molecule has 4 N–H and O–H groups in total. The lowest BCUT2D eigenvalue weighted by Gasteiger charge is -2.11.